The van der Waals surface area contributed by atoms with E-state index >= 15 is 0 Å². The summed E-state index contributed by atoms with van der Waals surface area (Å²) in [6.07, 6.45) is 1.16. The Morgan fingerprint density at radius 3 is 2.40 bits per heavy atom. The van der Waals surface area contributed by atoms with Gasteiger partial charge in [0.1, 0.15) is 23.1 Å². The SMILES string of the molecule is COC(=O)c1ccc(NC(=O)c2cc(Oc3ccc(-c4nnc(C)o4)cc3)cc(OC3CCN(C)C3=O)c2)nc1. The molecule has 1 fully saturated rings. The van der Waals surface area contributed by atoms with Crippen molar-refractivity contribution in [2.45, 2.75) is 19.4 Å². The lowest BCUT2D eigenvalue weighted by Crippen LogP contribution is -2.29. The molecule has 3 heterocycles. The van der Waals surface area contributed by atoms with Crippen molar-refractivity contribution in [2.24, 2.45) is 0 Å². The highest BCUT2D eigenvalue weighted by Crippen LogP contribution is 2.31. The van der Waals surface area contributed by atoms with E-state index in [1.54, 1.807) is 55.3 Å². The highest BCUT2D eigenvalue weighted by Gasteiger charge is 2.31. The number of methoxy groups -OCH3 is 1. The molecular formula is C28H25N5O7. The fourth-order valence-electron chi connectivity index (χ4n) is 4.00. The van der Waals surface area contributed by atoms with E-state index in [2.05, 4.69) is 25.2 Å². The first-order chi connectivity index (χ1) is 19.3. The lowest BCUT2D eigenvalue weighted by atomic mass is 10.1. The number of likely N-dealkylation sites (tertiary alicyclic amines) is 1. The zero-order valence-corrected chi connectivity index (χ0v) is 21.9. The molecule has 2 aromatic carbocycles. The smallest absolute Gasteiger partial charge is 0.339 e. The van der Waals surface area contributed by atoms with E-state index < -0.39 is 18.0 Å². The van der Waals surface area contributed by atoms with Gasteiger partial charge in [-0.15, -0.1) is 10.2 Å². The molecule has 2 aromatic heterocycles. The molecule has 1 N–H and O–H groups in total. The van der Waals surface area contributed by atoms with Crippen molar-refractivity contribution in [3.63, 3.8) is 0 Å². The van der Waals surface area contributed by atoms with Gasteiger partial charge >= 0.3 is 5.97 Å². The molecule has 0 spiro atoms. The van der Waals surface area contributed by atoms with E-state index in [9.17, 15) is 14.4 Å². The first-order valence-corrected chi connectivity index (χ1v) is 12.3. The van der Waals surface area contributed by atoms with Gasteiger partial charge in [-0.1, -0.05) is 0 Å². The number of likely N-dealkylation sites (N-methyl/N-ethyl adjacent to an activating group) is 1. The lowest BCUT2D eigenvalue weighted by molar-refractivity contribution is -0.132. The first kappa shape index (κ1) is 26.4. The number of aryl methyl sites for hydroxylation is 1. The van der Waals surface area contributed by atoms with E-state index in [1.807, 2.05) is 0 Å². The van der Waals surface area contributed by atoms with Gasteiger partial charge in [-0.25, -0.2) is 9.78 Å². The van der Waals surface area contributed by atoms with Crippen molar-refractivity contribution >= 4 is 23.6 Å². The topological polar surface area (TPSA) is 146 Å². The van der Waals surface area contributed by atoms with E-state index in [0.29, 0.717) is 42.0 Å². The van der Waals surface area contributed by atoms with Gasteiger partial charge in [0, 0.05) is 50.3 Å². The highest BCUT2D eigenvalue weighted by atomic mass is 16.5. The van der Waals surface area contributed by atoms with Crippen LogP contribution in [-0.2, 0) is 9.53 Å². The standard InChI is InChI=1S/C28H25N5O7/c1-16-31-32-26(38-16)17-4-7-20(8-5-17)39-21-12-19(13-22(14-21)40-23-10-11-33(2)27(23)35)25(34)30-24-9-6-18(15-29-24)28(36)37-3/h4-9,12-15,23H,10-11H2,1-3H3,(H,29,30,34). The maximum absolute atomic E-state index is 13.2. The number of nitrogens with zero attached hydrogens (tertiary/aromatic N) is 4. The number of hydrogen-bond donors (Lipinski definition) is 1. The Labute approximate surface area is 228 Å². The van der Waals surface area contributed by atoms with Gasteiger partial charge in [0.25, 0.3) is 11.8 Å². The lowest BCUT2D eigenvalue weighted by Gasteiger charge is -2.16. The van der Waals surface area contributed by atoms with Gasteiger partial charge in [0.2, 0.25) is 11.8 Å². The summed E-state index contributed by atoms with van der Waals surface area (Å²) < 4.78 is 22.1. The number of benzene rings is 2. The molecule has 204 valence electrons. The normalized spacial score (nSPS) is 14.6. The fraction of sp³-hybridized carbons (Fsp3) is 0.214. The van der Waals surface area contributed by atoms with Gasteiger partial charge in [-0.05, 0) is 48.5 Å². The molecule has 1 unspecified atom stereocenters. The Kier molecular flexibility index (Phi) is 7.40. The van der Waals surface area contributed by atoms with Crippen molar-refractivity contribution in [2.75, 3.05) is 26.0 Å². The Morgan fingerprint density at radius 2 is 1.77 bits per heavy atom. The second-order valence-electron chi connectivity index (χ2n) is 8.98. The molecule has 4 aromatic rings. The number of carbonyl (C=O) groups excluding carboxylic acids is 3. The molecule has 1 aliphatic heterocycles. The number of aromatic nitrogens is 3. The summed E-state index contributed by atoms with van der Waals surface area (Å²) in [6.45, 7) is 2.29. The van der Waals surface area contributed by atoms with Crippen molar-refractivity contribution in [3.8, 4) is 28.7 Å². The van der Waals surface area contributed by atoms with Crippen LogP contribution in [-0.4, -0.2) is 64.7 Å². The molecule has 1 atom stereocenters. The summed E-state index contributed by atoms with van der Waals surface area (Å²) in [5, 5.41) is 10.5. The maximum atomic E-state index is 13.2. The van der Waals surface area contributed by atoms with Crippen LogP contribution in [0.1, 0.15) is 33.0 Å². The van der Waals surface area contributed by atoms with Crippen LogP contribution in [0.25, 0.3) is 11.5 Å². The predicted octanol–water partition coefficient (Wildman–Crippen LogP) is 3.88. The van der Waals surface area contributed by atoms with Crippen molar-refractivity contribution in [1.29, 1.82) is 0 Å². The van der Waals surface area contributed by atoms with Crippen molar-refractivity contribution in [1.82, 2.24) is 20.1 Å². The summed E-state index contributed by atoms with van der Waals surface area (Å²) in [5.74, 6) is 0.998. The van der Waals surface area contributed by atoms with E-state index in [4.69, 9.17) is 13.9 Å². The number of esters is 1. The monoisotopic (exact) mass is 543 g/mol. The minimum atomic E-state index is -0.666. The number of pyridine rings is 1. The van der Waals surface area contributed by atoms with Crippen LogP contribution in [0.15, 0.2) is 65.2 Å². The number of hydrogen-bond acceptors (Lipinski definition) is 10. The minimum absolute atomic E-state index is 0.140. The van der Waals surface area contributed by atoms with Crippen LogP contribution < -0.4 is 14.8 Å². The van der Waals surface area contributed by atoms with Crippen LogP contribution in [0.3, 0.4) is 0 Å². The summed E-state index contributed by atoms with van der Waals surface area (Å²) in [7, 11) is 2.98. The first-order valence-electron chi connectivity index (χ1n) is 12.3. The Balaban J connectivity index is 1.38. The molecular weight excluding hydrogens is 518 g/mol. The van der Waals surface area contributed by atoms with E-state index in [1.165, 1.54) is 31.5 Å². The zero-order chi connectivity index (χ0) is 28.2. The third-order valence-corrected chi connectivity index (χ3v) is 6.09. The summed E-state index contributed by atoms with van der Waals surface area (Å²) in [5.41, 5.74) is 1.18. The van der Waals surface area contributed by atoms with E-state index in [0.717, 1.165) is 5.56 Å². The Bertz CT molecular complexity index is 1550. The predicted molar refractivity (Wildman–Crippen MR) is 141 cm³/mol. The average Bonchev–Trinajstić information content (AvgIpc) is 3.53. The second-order valence-corrected chi connectivity index (χ2v) is 8.98. The fourth-order valence-corrected chi connectivity index (χ4v) is 4.00. The minimum Gasteiger partial charge on any atom is -0.480 e. The number of ether oxygens (including phenoxy) is 3. The van der Waals surface area contributed by atoms with Gasteiger partial charge in [0.15, 0.2) is 6.10 Å². The molecule has 12 heteroatoms. The Hall–Kier alpha value is -5.26. The van der Waals surface area contributed by atoms with Crippen molar-refractivity contribution in [3.05, 3.63) is 77.8 Å². The molecule has 1 saturated heterocycles. The number of rotatable bonds is 8. The van der Waals surface area contributed by atoms with Crippen LogP contribution in [0.2, 0.25) is 0 Å². The number of nitrogens with one attached hydrogen (secondary N) is 1. The molecule has 12 nitrogen and oxygen atoms in total. The number of amides is 2. The average molecular weight is 544 g/mol. The third-order valence-electron chi connectivity index (χ3n) is 6.09. The van der Waals surface area contributed by atoms with E-state index in [-0.39, 0.29) is 22.9 Å². The van der Waals surface area contributed by atoms with Gasteiger partial charge in [0.05, 0.1) is 12.7 Å². The van der Waals surface area contributed by atoms with Crippen LogP contribution in [0, 0.1) is 6.92 Å². The third kappa shape index (κ3) is 5.90. The number of carbonyl (C=O) groups is 3. The summed E-state index contributed by atoms with van der Waals surface area (Å²) in [4.78, 5) is 42.9. The maximum Gasteiger partial charge on any atom is 0.339 e. The molecule has 5 rings (SSSR count). The van der Waals surface area contributed by atoms with Crippen LogP contribution in [0.4, 0.5) is 5.82 Å². The number of anilines is 1. The molecule has 0 saturated carbocycles. The molecule has 0 aliphatic carbocycles. The quantitative estimate of drug-likeness (QED) is 0.325. The molecule has 0 bridgehead atoms. The second kappa shape index (κ2) is 11.2. The zero-order valence-electron chi connectivity index (χ0n) is 21.9. The van der Waals surface area contributed by atoms with Gasteiger partial charge in [-0.3, -0.25) is 9.59 Å². The highest BCUT2D eigenvalue weighted by molar-refractivity contribution is 6.04. The molecule has 1 aliphatic rings. The summed E-state index contributed by atoms with van der Waals surface area (Å²) >= 11 is 0. The molecule has 40 heavy (non-hydrogen) atoms. The molecule has 0 radical (unpaired) electrons. The van der Waals surface area contributed by atoms with Crippen LogP contribution >= 0.6 is 0 Å². The Morgan fingerprint density at radius 1 is 1.00 bits per heavy atom. The van der Waals surface area contributed by atoms with Gasteiger partial charge in [-0.2, -0.15) is 0 Å². The van der Waals surface area contributed by atoms with Gasteiger partial charge < -0.3 is 28.8 Å². The molecule has 2 amide bonds. The van der Waals surface area contributed by atoms with Crippen molar-refractivity contribution < 1.29 is 33.0 Å². The van der Waals surface area contributed by atoms with Crippen LogP contribution in [0.5, 0.6) is 17.2 Å². The summed E-state index contributed by atoms with van der Waals surface area (Å²) in [6, 6.07) is 14.7. The largest absolute Gasteiger partial charge is 0.480 e.